The first-order valence-electron chi connectivity index (χ1n) is 5.74. The number of benzene rings is 1. The van der Waals surface area contributed by atoms with E-state index in [1.165, 1.54) is 30.3 Å². The number of aromatic hydroxyl groups is 1. The maximum atomic E-state index is 10.3. The van der Waals surface area contributed by atoms with E-state index in [9.17, 15) is 4.79 Å². The van der Waals surface area contributed by atoms with E-state index in [4.69, 9.17) is 14.0 Å². The Morgan fingerprint density at radius 1 is 1.35 bits per heavy atom. The van der Waals surface area contributed by atoms with Crippen LogP contribution in [0, 0.1) is 0 Å². The monoisotopic (exact) mass is 252 g/mol. The van der Waals surface area contributed by atoms with E-state index in [0.717, 1.165) is 6.61 Å². The van der Waals surface area contributed by atoms with Gasteiger partial charge in [-0.25, -0.2) is 4.79 Å². The molecule has 1 heterocycles. The van der Waals surface area contributed by atoms with Gasteiger partial charge in [-0.2, -0.15) is 0 Å². The van der Waals surface area contributed by atoms with E-state index in [0.29, 0.717) is 0 Å². The Balaban J connectivity index is 0.000000181. The lowest BCUT2D eigenvalue weighted by Crippen LogP contribution is -2.18. The molecule has 1 aliphatic heterocycles. The molecular weight excluding hydrogens is 235 g/mol. The zero-order valence-electron chi connectivity index (χ0n) is 9.93. The third kappa shape index (κ3) is 5.23. The molecule has 0 unspecified atom stereocenters. The molecule has 5 heteroatoms. The Hall–Kier alpha value is -1.02. The number of phenols is 1. The zero-order valence-corrected chi connectivity index (χ0v) is 11.1. The number of aromatic carboxylic acids is 1. The molecular formula is C12H17AlO4. The predicted molar refractivity (Wildman–Crippen MR) is 66.7 cm³/mol. The summed E-state index contributed by atoms with van der Waals surface area (Å²) in [5.74, 6) is 0.965. The highest BCUT2D eigenvalue weighted by atomic mass is 27.2. The molecule has 1 saturated heterocycles. The zero-order chi connectivity index (χ0) is 12.7. The standard InChI is InChI=1S/C7H6O3.C4H8O.CH3.Al/c8-6-4-2-1-3-5(6)7(9)10;1-2-3-4-5;;/h1-4,8H,(H,9,10);1-4H2;1H3;/q;-1;;+1. The van der Waals surface area contributed by atoms with Crippen LogP contribution >= 0.6 is 0 Å². The van der Waals surface area contributed by atoms with Crippen molar-refractivity contribution in [1.82, 2.24) is 0 Å². The third-order valence-electron chi connectivity index (χ3n) is 2.54. The van der Waals surface area contributed by atoms with Crippen molar-refractivity contribution in [2.75, 3.05) is 6.61 Å². The summed E-state index contributed by atoms with van der Waals surface area (Å²) in [4.78, 5) is 10.3. The van der Waals surface area contributed by atoms with E-state index in [2.05, 4.69) is 5.79 Å². The van der Waals surface area contributed by atoms with E-state index in [-0.39, 0.29) is 11.3 Å². The van der Waals surface area contributed by atoms with Crippen molar-refractivity contribution in [3.05, 3.63) is 29.8 Å². The van der Waals surface area contributed by atoms with Crippen LogP contribution in [0.4, 0.5) is 0 Å². The van der Waals surface area contributed by atoms with Crippen molar-refractivity contribution in [2.24, 2.45) is 0 Å². The molecule has 4 nitrogen and oxygen atoms in total. The molecule has 1 aliphatic rings. The highest BCUT2D eigenvalue weighted by Crippen LogP contribution is 2.14. The van der Waals surface area contributed by atoms with Gasteiger partial charge in [0.15, 0.2) is 0 Å². The predicted octanol–water partition coefficient (Wildman–Crippen LogP) is 2.51. The lowest BCUT2D eigenvalue weighted by Gasteiger charge is -2.13. The average molecular weight is 252 g/mol. The Morgan fingerprint density at radius 3 is 2.41 bits per heavy atom. The third-order valence-corrected chi connectivity index (χ3v) is 4.57. The Kier molecular flexibility index (Phi) is 6.06. The Labute approximate surface area is 106 Å². The SMILES string of the molecule is O=C(O)c1ccccc1O.[CH3][Al]1[CH2]CCC[O]1. The first-order valence-corrected chi connectivity index (χ1v) is 8.18. The van der Waals surface area contributed by atoms with Gasteiger partial charge >= 0.3 is 20.5 Å². The lowest BCUT2D eigenvalue weighted by molar-refractivity contribution is 0.0693. The lowest BCUT2D eigenvalue weighted by atomic mass is 10.2. The van der Waals surface area contributed by atoms with Crippen LogP contribution < -0.4 is 0 Å². The van der Waals surface area contributed by atoms with Crippen LogP contribution in [-0.4, -0.2) is 37.3 Å². The number of carboxylic acid groups (broad SMARTS) is 1. The molecule has 0 spiro atoms. The molecule has 92 valence electrons. The fraction of sp³-hybridized carbons (Fsp3) is 0.417. The molecule has 2 rings (SSSR count). The van der Waals surface area contributed by atoms with Gasteiger partial charge in [-0.15, -0.1) is 0 Å². The van der Waals surface area contributed by atoms with Crippen molar-refractivity contribution in [3.8, 4) is 5.75 Å². The molecule has 2 N–H and O–H groups in total. The largest absolute Gasteiger partial charge is 0.507 e. The number of carbonyl (C=O) groups is 1. The fourth-order valence-corrected chi connectivity index (χ4v) is 3.16. The Bertz CT molecular complexity index is 361. The van der Waals surface area contributed by atoms with Crippen LogP contribution in [0.25, 0.3) is 0 Å². The molecule has 0 amide bonds. The summed E-state index contributed by atoms with van der Waals surface area (Å²) in [6.07, 6.45) is 2.73. The van der Waals surface area contributed by atoms with Gasteiger partial charge in [0.05, 0.1) is 0 Å². The first kappa shape index (κ1) is 14.0. The normalized spacial score (nSPS) is 14.8. The number of carboxylic acids is 1. The number of para-hydroxylation sites is 1. The summed E-state index contributed by atoms with van der Waals surface area (Å²) in [6, 6.07) is 5.81. The molecule has 0 aliphatic carbocycles. The second-order valence-corrected chi connectivity index (χ2v) is 6.53. The fourth-order valence-electron chi connectivity index (χ4n) is 1.56. The summed E-state index contributed by atoms with van der Waals surface area (Å²) < 4.78 is 5.42. The molecule has 1 fully saturated rings. The maximum absolute atomic E-state index is 10.3. The first-order chi connectivity index (χ1) is 8.11. The van der Waals surface area contributed by atoms with Crippen LogP contribution in [0.3, 0.4) is 0 Å². The van der Waals surface area contributed by atoms with Crippen molar-refractivity contribution in [1.29, 1.82) is 0 Å². The van der Waals surface area contributed by atoms with Crippen LogP contribution in [-0.2, 0) is 3.79 Å². The number of rotatable bonds is 1. The van der Waals surface area contributed by atoms with Gasteiger partial charge in [0.25, 0.3) is 0 Å². The van der Waals surface area contributed by atoms with Crippen molar-refractivity contribution in [2.45, 2.75) is 23.9 Å². The smallest absolute Gasteiger partial charge is 0.457 e. The van der Waals surface area contributed by atoms with E-state index >= 15 is 0 Å². The number of hydrogen-bond acceptors (Lipinski definition) is 3. The molecule has 0 atom stereocenters. The minimum Gasteiger partial charge on any atom is -0.507 e. The second kappa shape index (κ2) is 7.34. The van der Waals surface area contributed by atoms with E-state index < -0.39 is 20.5 Å². The maximum Gasteiger partial charge on any atom is 0.457 e. The summed E-state index contributed by atoms with van der Waals surface area (Å²) in [5.41, 5.74) is -0.0671. The molecule has 0 radical (unpaired) electrons. The molecule has 0 bridgehead atoms. The van der Waals surface area contributed by atoms with Gasteiger partial charge in [0.1, 0.15) is 11.3 Å². The van der Waals surface area contributed by atoms with Crippen LogP contribution in [0.1, 0.15) is 23.2 Å². The molecule has 1 aromatic rings. The van der Waals surface area contributed by atoms with Crippen molar-refractivity contribution < 1.29 is 18.8 Å². The van der Waals surface area contributed by atoms with Crippen LogP contribution in [0.2, 0.25) is 11.1 Å². The average Bonchev–Trinajstić information content (AvgIpc) is 2.31. The summed E-state index contributed by atoms with van der Waals surface area (Å²) in [7, 11) is 0. The molecule has 17 heavy (non-hydrogen) atoms. The van der Waals surface area contributed by atoms with Gasteiger partial charge < -0.3 is 14.0 Å². The summed E-state index contributed by atoms with van der Waals surface area (Å²) >= 11 is -0.595. The van der Waals surface area contributed by atoms with Gasteiger partial charge in [-0.05, 0) is 18.6 Å². The van der Waals surface area contributed by atoms with Crippen molar-refractivity contribution >= 4 is 20.5 Å². The van der Waals surface area contributed by atoms with E-state index in [1.54, 1.807) is 12.1 Å². The van der Waals surface area contributed by atoms with Gasteiger partial charge in [0, 0.05) is 6.61 Å². The molecule has 0 saturated carbocycles. The highest BCUT2D eigenvalue weighted by Gasteiger charge is 2.15. The summed E-state index contributed by atoms with van der Waals surface area (Å²) in [5, 5.41) is 18.7. The van der Waals surface area contributed by atoms with Crippen molar-refractivity contribution in [3.63, 3.8) is 0 Å². The minimum absolute atomic E-state index is 0.0671. The Morgan fingerprint density at radius 2 is 2.06 bits per heavy atom. The number of hydrogen-bond donors (Lipinski definition) is 2. The topological polar surface area (TPSA) is 66.8 Å². The second-order valence-electron chi connectivity index (χ2n) is 4.00. The minimum atomic E-state index is -1.11. The van der Waals surface area contributed by atoms with Crippen LogP contribution in [0.5, 0.6) is 5.75 Å². The quantitative estimate of drug-likeness (QED) is 0.753. The summed E-state index contributed by atoms with van der Waals surface area (Å²) in [6.45, 7) is 1.05. The van der Waals surface area contributed by atoms with Gasteiger partial charge in [-0.3, -0.25) is 0 Å². The van der Waals surface area contributed by atoms with E-state index in [1.807, 2.05) is 0 Å². The molecule has 1 aromatic carbocycles. The highest BCUT2D eigenvalue weighted by molar-refractivity contribution is 6.50. The van der Waals surface area contributed by atoms with Gasteiger partial charge in [-0.1, -0.05) is 29.6 Å². The van der Waals surface area contributed by atoms with Gasteiger partial charge in [0.2, 0.25) is 0 Å². The molecule has 0 aromatic heterocycles. The van der Waals surface area contributed by atoms with Crippen LogP contribution in [0.15, 0.2) is 24.3 Å².